The minimum absolute atomic E-state index is 0.0425. The van der Waals surface area contributed by atoms with Gasteiger partial charge in [-0.3, -0.25) is 9.59 Å². The van der Waals surface area contributed by atoms with Gasteiger partial charge in [-0.15, -0.1) is 0 Å². The van der Waals surface area contributed by atoms with Crippen LogP contribution < -0.4 is 14.8 Å². The molecule has 0 unspecified atom stereocenters. The molecule has 2 aromatic carbocycles. The van der Waals surface area contributed by atoms with Crippen molar-refractivity contribution >= 4 is 11.8 Å². The van der Waals surface area contributed by atoms with Gasteiger partial charge in [0.05, 0.1) is 0 Å². The number of hydrogen-bond donors (Lipinski definition) is 1. The zero-order valence-electron chi connectivity index (χ0n) is 15.7. The third-order valence-electron chi connectivity index (χ3n) is 4.47. The van der Waals surface area contributed by atoms with Gasteiger partial charge in [0.25, 0.3) is 0 Å². The lowest BCUT2D eigenvalue weighted by atomic mass is 10.1. The first-order valence-electron chi connectivity index (χ1n) is 8.97. The lowest BCUT2D eigenvalue weighted by Crippen LogP contribution is -2.33. The zero-order chi connectivity index (χ0) is 19.2. The van der Waals surface area contributed by atoms with E-state index in [0.717, 1.165) is 16.9 Å². The Morgan fingerprint density at radius 1 is 1.04 bits per heavy atom. The van der Waals surface area contributed by atoms with Crippen LogP contribution in [-0.2, 0) is 22.7 Å². The van der Waals surface area contributed by atoms with Crippen LogP contribution in [0.15, 0.2) is 42.5 Å². The largest absolute Gasteiger partial charge is 0.454 e. The normalized spacial score (nSPS) is 11.9. The Hall–Kier alpha value is -3.02. The van der Waals surface area contributed by atoms with Crippen LogP contribution in [-0.4, -0.2) is 30.1 Å². The highest BCUT2D eigenvalue weighted by Crippen LogP contribution is 2.32. The summed E-state index contributed by atoms with van der Waals surface area (Å²) in [6, 6.07) is 13.6. The molecule has 0 saturated heterocycles. The lowest BCUT2D eigenvalue weighted by molar-refractivity contribution is -0.130. The number of nitrogens with one attached hydrogen (secondary N) is 1. The van der Waals surface area contributed by atoms with Crippen molar-refractivity contribution in [3.8, 4) is 11.5 Å². The van der Waals surface area contributed by atoms with Crippen molar-refractivity contribution in [3.05, 3.63) is 59.2 Å². The average molecular weight is 368 g/mol. The van der Waals surface area contributed by atoms with E-state index in [1.165, 1.54) is 12.5 Å². The van der Waals surface area contributed by atoms with Crippen molar-refractivity contribution in [1.82, 2.24) is 10.2 Å². The maximum Gasteiger partial charge on any atom is 0.231 e. The van der Waals surface area contributed by atoms with E-state index in [9.17, 15) is 9.59 Å². The van der Waals surface area contributed by atoms with E-state index in [0.29, 0.717) is 25.4 Å². The number of benzene rings is 2. The predicted molar refractivity (Wildman–Crippen MR) is 101 cm³/mol. The van der Waals surface area contributed by atoms with E-state index in [1.54, 1.807) is 4.90 Å². The molecule has 2 aromatic rings. The molecule has 142 valence electrons. The second kappa shape index (κ2) is 8.58. The molecule has 27 heavy (non-hydrogen) atoms. The van der Waals surface area contributed by atoms with Crippen LogP contribution >= 0.6 is 0 Å². The third-order valence-corrected chi connectivity index (χ3v) is 4.47. The van der Waals surface area contributed by atoms with Crippen LogP contribution in [0, 0.1) is 6.92 Å². The highest BCUT2D eigenvalue weighted by molar-refractivity contribution is 5.78. The first-order chi connectivity index (χ1) is 13.0. The van der Waals surface area contributed by atoms with Crippen molar-refractivity contribution < 1.29 is 19.1 Å². The molecule has 0 bridgehead atoms. The van der Waals surface area contributed by atoms with Gasteiger partial charge in [-0.1, -0.05) is 35.9 Å². The molecular weight excluding hydrogens is 344 g/mol. The van der Waals surface area contributed by atoms with E-state index in [4.69, 9.17) is 9.47 Å². The molecule has 1 N–H and O–H groups in total. The van der Waals surface area contributed by atoms with Gasteiger partial charge in [-0.25, -0.2) is 0 Å². The van der Waals surface area contributed by atoms with Gasteiger partial charge in [0.2, 0.25) is 18.6 Å². The maximum absolute atomic E-state index is 12.2. The monoisotopic (exact) mass is 368 g/mol. The maximum atomic E-state index is 12.2. The summed E-state index contributed by atoms with van der Waals surface area (Å²) in [5.41, 5.74) is 3.17. The van der Waals surface area contributed by atoms with Crippen molar-refractivity contribution in [2.45, 2.75) is 33.4 Å². The van der Waals surface area contributed by atoms with E-state index in [1.807, 2.05) is 49.4 Å². The van der Waals surface area contributed by atoms with Crippen LogP contribution in [0.2, 0.25) is 0 Å². The van der Waals surface area contributed by atoms with Crippen molar-refractivity contribution in [2.75, 3.05) is 13.3 Å². The second-order valence-electron chi connectivity index (χ2n) is 6.64. The fourth-order valence-corrected chi connectivity index (χ4v) is 2.84. The number of rotatable bonds is 7. The Labute approximate surface area is 159 Å². The molecule has 1 aliphatic heterocycles. The fourth-order valence-electron chi connectivity index (χ4n) is 2.84. The summed E-state index contributed by atoms with van der Waals surface area (Å²) in [7, 11) is 0. The summed E-state index contributed by atoms with van der Waals surface area (Å²) < 4.78 is 10.6. The highest BCUT2D eigenvalue weighted by atomic mass is 16.7. The van der Waals surface area contributed by atoms with Crippen LogP contribution in [0.25, 0.3) is 0 Å². The molecule has 0 saturated carbocycles. The van der Waals surface area contributed by atoms with Gasteiger partial charge < -0.3 is 19.7 Å². The van der Waals surface area contributed by atoms with Crippen LogP contribution in [0.3, 0.4) is 0 Å². The molecule has 6 heteroatoms. The van der Waals surface area contributed by atoms with Crippen LogP contribution in [0.5, 0.6) is 11.5 Å². The van der Waals surface area contributed by atoms with Gasteiger partial charge in [0.1, 0.15) is 0 Å². The number of aryl methyl sites for hydroxylation is 1. The molecule has 0 aliphatic carbocycles. The summed E-state index contributed by atoms with van der Waals surface area (Å²) in [5, 5.41) is 2.88. The van der Waals surface area contributed by atoms with Gasteiger partial charge >= 0.3 is 0 Å². The molecular formula is C21H24N2O4. The first-order valence-corrected chi connectivity index (χ1v) is 8.97. The fraction of sp³-hybridized carbons (Fsp3) is 0.333. The second-order valence-corrected chi connectivity index (χ2v) is 6.64. The summed E-state index contributed by atoms with van der Waals surface area (Å²) in [6.07, 6.45) is 0.260. The molecule has 1 heterocycles. The molecule has 0 fully saturated rings. The van der Waals surface area contributed by atoms with Gasteiger partial charge in [0.15, 0.2) is 11.5 Å². The summed E-state index contributed by atoms with van der Waals surface area (Å²) in [6.45, 7) is 5.08. The smallest absolute Gasteiger partial charge is 0.231 e. The molecule has 2 amide bonds. The van der Waals surface area contributed by atoms with Gasteiger partial charge in [-0.2, -0.15) is 0 Å². The lowest BCUT2D eigenvalue weighted by Gasteiger charge is -2.21. The number of hydrogen-bond acceptors (Lipinski definition) is 4. The Bertz CT molecular complexity index is 817. The first kappa shape index (κ1) is 18.8. The van der Waals surface area contributed by atoms with E-state index < -0.39 is 0 Å². The summed E-state index contributed by atoms with van der Waals surface area (Å²) in [5.74, 6) is 1.28. The third kappa shape index (κ3) is 5.23. The van der Waals surface area contributed by atoms with Crippen molar-refractivity contribution in [3.63, 3.8) is 0 Å². The summed E-state index contributed by atoms with van der Waals surface area (Å²) >= 11 is 0. The molecule has 3 rings (SSSR count). The molecule has 1 aliphatic rings. The predicted octanol–water partition coefficient (Wildman–Crippen LogP) is 2.78. The standard InChI is InChI=1S/C21H24N2O4/c1-15-3-5-17(6-4-15)13-23(16(2)24)10-9-21(25)22-12-18-7-8-19-20(11-18)27-14-26-19/h3-8,11H,9-10,12-14H2,1-2H3,(H,22,25). The van der Waals surface area contributed by atoms with Crippen LogP contribution in [0.4, 0.5) is 0 Å². The minimum atomic E-state index is -0.0946. The number of nitrogens with zero attached hydrogens (tertiary/aromatic N) is 1. The molecule has 0 atom stereocenters. The molecule has 0 radical (unpaired) electrons. The molecule has 6 nitrogen and oxygen atoms in total. The minimum Gasteiger partial charge on any atom is -0.454 e. The quantitative estimate of drug-likeness (QED) is 0.816. The van der Waals surface area contributed by atoms with Crippen LogP contribution in [0.1, 0.15) is 30.0 Å². The SMILES string of the molecule is CC(=O)N(CCC(=O)NCc1ccc2c(c1)OCO2)Cc1ccc(C)cc1. The van der Waals surface area contributed by atoms with E-state index in [2.05, 4.69) is 5.32 Å². The van der Waals surface area contributed by atoms with Gasteiger partial charge in [0, 0.05) is 33.0 Å². The molecule has 0 aromatic heterocycles. The summed E-state index contributed by atoms with van der Waals surface area (Å²) in [4.78, 5) is 25.7. The Kier molecular flexibility index (Phi) is 5.96. The topological polar surface area (TPSA) is 67.9 Å². The Morgan fingerprint density at radius 3 is 2.48 bits per heavy atom. The van der Waals surface area contributed by atoms with Crippen molar-refractivity contribution in [2.24, 2.45) is 0 Å². The van der Waals surface area contributed by atoms with E-state index >= 15 is 0 Å². The van der Waals surface area contributed by atoms with Gasteiger partial charge in [-0.05, 0) is 30.2 Å². The Balaban J connectivity index is 1.47. The zero-order valence-corrected chi connectivity index (χ0v) is 15.7. The number of fused-ring (bicyclic) bond motifs is 1. The highest BCUT2D eigenvalue weighted by Gasteiger charge is 2.14. The van der Waals surface area contributed by atoms with Crippen molar-refractivity contribution in [1.29, 1.82) is 0 Å². The van der Waals surface area contributed by atoms with E-state index in [-0.39, 0.29) is 25.0 Å². The average Bonchev–Trinajstić information content (AvgIpc) is 3.12. The number of carbonyl (C=O) groups is 2. The number of amides is 2. The molecule has 0 spiro atoms. The Morgan fingerprint density at radius 2 is 1.74 bits per heavy atom. The number of ether oxygens (including phenoxy) is 2. The number of carbonyl (C=O) groups excluding carboxylic acids is 2.